The van der Waals surface area contributed by atoms with Gasteiger partial charge >= 0.3 is 0 Å². The van der Waals surface area contributed by atoms with Gasteiger partial charge in [-0.3, -0.25) is 0 Å². The van der Waals surface area contributed by atoms with Crippen molar-refractivity contribution in [2.75, 3.05) is 0 Å². The van der Waals surface area contributed by atoms with Crippen LogP contribution in [0.25, 0.3) is 11.1 Å². The Bertz CT molecular complexity index is 1180. The van der Waals surface area contributed by atoms with Gasteiger partial charge in [-0.2, -0.15) is 5.26 Å². The topological polar surface area (TPSA) is 23.8 Å². The minimum Gasteiger partial charge on any atom is -0.206 e. The molecule has 0 spiro atoms. The zero-order valence-electron chi connectivity index (χ0n) is 17.6. The molecule has 3 aromatic rings. The monoisotopic (exact) mass is 431 g/mol. The quantitative estimate of drug-likeness (QED) is 0.229. The number of hydrogen-bond donors (Lipinski definition) is 0. The van der Waals surface area contributed by atoms with Gasteiger partial charge < -0.3 is 0 Å². The van der Waals surface area contributed by atoms with Gasteiger partial charge in [-0.25, -0.2) is 8.78 Å². The van der Waals surface area contributed by atoms with Gasteiger partial charge in [0.05, 0.1) is 10.5 Å². The number of nitrogens with zero attached hydrogens (tertiary/aromatic N) is 1. The molecule has 3 rings (SSSR count). The summed E-state index contributed by atoms with van der Waals surface area (Å²) < 4.78 is 28.6. The average molecular weight is 432 g/mol. The molecule has 0 aliphatic rings. The van der Waals surface area contributed by atoms with E-state index in [1.54, 1.807) is 24.3 Å². The van der Waals surface area contributed by atoms with E-state index in [9.17, 15) is 8.78 Å². The van der Waals surface area contributed by atoms with Crippen molar-refractivity contribution in [2.24, 2.45) is 0 Å². The lowest BCUT2D eigenvalue weighted by atomic mass is 9.97. The highest BCUT2D eigenvalue weighted by Crippen LogP contribution is 2.28. The molecule has 0 radical (unpaired) electrons. The molecule has 1 nitrogen and oxygen atoms in total. The first-order chi connectivity index (χ1) is 15.0. The summed E-state index contributed by atoms with van der Waals surface area (Å²) in [5, 5.41) is 10.6. The lowest BCUT2D eigenvalue weighted by Gasteiger charge is -2.08. The Hall–Kier alpha value is -3.08. The van der Waals surface area contributed by atoms with E-state index in [1.165, 1.54) is 6.07 Å². The zero-order chi connectivity index (χ0) is 22.2. The number of rotatable bonds is 6. The van der Waals surface area contributed by atoms with Crippen LogP contribution in [0.15, 0.2) is 59.5 Å². The second-order valence-electron chi connectivity index (χ2n) is 7.23. The van der Waals surface area contributed by atoms with Gasteiger partial charge in [0.2, 0.25) is 0 Å². The second kappa shape index (κ2) is 10.8. The van der Waals surface area contributed by atoms with Crippen LogP contribution in [-0.4, -0.2) is 0 Å². The van der Waals surface area contributed by atoms with Gasteiger partial charge in [0.25, 0.3) is 0 Å². The molecule has 0 aliphatic carbocycles. The SMILES string of the molecule is CCCCc1ccc(C#Cc2ccc(-c3ccc(SC#N)c(F)c3)cc2CC)c(F)c1. The third-order valence-electron chi connectivity index (χ3n) is 5.09. The van der Waals surface area contributed by atoms with Crippen molar-refractivity contribution < 1.29 is 8.78 Å². The van der Waals surface area contributed by atoms with Crippen molar-refractivity contribution in [1.82, 2.24) is 0 Å². The van der Waals surface area contributed by atoms with E-state index in [0.717, 1.165) is 65.3 Å². The highest BCUT2D eigenvalue weighted by atomic mass is 32.2. The van der Waals surface area contributed by atoms with Crippen LogP contribution in [0.5, 0.6) is 0 Å². The molecular formula is C27H23F2NS. The fourth-order valence-electron chi connectivity index (χ4n) is 3.33. The lowest BCUT2D eigenvalue weighted by molar-refractivity contribution is 0.603. The van der Waals surface area contributed by atoms with Gasteiger partial charge in [-0.1, -0.05) is 50.3 Å². The van der Waals surface area contributed by atoms with Crippen LogP contribution in [0.3, 0.4) is 0 Å². The number of benzene rings is 3. The van der Waals surface area contributed by atoms with Crippen molar-refractivity contribution in [3.8, 4) is 28.4 Å². The molecule has 0 aromatic heterocycles. The normalized spacial score (nSPS) is 10.3. The van der Waals surface area contributed by atoms with Crippen molar-refractivity contribution in [1.29, 1.82) is 5.26 Å². The van der Waals surface area contributed by atoms with Crippen LogP contribution in [0, 0.1) is 34.1 Å². The number of nitriles is 1. The van der Waals surface area contributed by atoms with Gasteiger partial charge in [0.15, 0.2) is 0 Å². The Kier molecular flexibility index (Phi) is 7.88. The molecule has 0 unspecified atom stereocenters. The molecule has 0 bridgehead atoms. The maximum atomic E-state index is 14.4. The Morgan fingerprint density at radius 3 is 2.23 bits per heavy atom. The Balaban J connectivity index is 1.87. The number of halogens is 2. The first-order valence-electron chi connectivity index (χ1n) is 10.3. The van der Waals surface area contributed by atoms with Crippen LogP contribution >= 0.6 is 11.8 Å². The molecule has 0 saturated carbocycles. The molecular weight excluding hydrogens is 408 g/mol. The Morgan fingerprint density at radius 2 is 1.55 bits per heavy atom. The summed E-state index contributed by atoms with van der Waals surface area (Å²) in [6.45, 7) is 4.15. The molecule has 0 aliphatic heterocycles. The summed E-state index contributed by atoms with van der Waals surface area (Å²) >= 11 is 0.808. The molecule has 31 heavy (non-hydrogen) atoms. The number of hydrogen-bond acceptors (Lipinski definition) is 2. The second-order valence-corrected chi connectivity index (χ2v) is 8.06. The molecule has 0 heterocycles. The maximum Gasteiger partial charge on any atom is 0.139 e. The van der Waals surface area contributed by atoms with E-state index in [4.69, 9.17) is 5.26 Å². The lowest BCUT2D eigenvalue weighted by Crippen LogP contribution is -1.92. The molecule has 4 heteroatoms. The molecule has 0 saturated heterocycles. The van der Waals surface area contributed by atoms with Gasteiger partial charge in [-0.05, 0) is 89.7 Å². The largest absolute Gasteiger partial charge is 0.206 e. The van der Waals surface area contributed by atoms with Gasteiger partial charge in [0, 0.05) is 5.56 Å². The third-order valence-corrected chi connectivity index (χ3v) is 5.73. The van der Waals surface area contributed by atoms with Crippen molar-refractivity contribution in [3.63, 3.8) is 0 Å². The predicted molar refractivity (Wildman–Crippen MR) is 124 cm³/mol. The maximum absolute atomic E-state index is 14.4. The standard InChI is InChI=1S/C27H23F2NS/c1-3-5-6-19-7-8-22(25(28)15-19)11-9-21-10-12-23(16-20(21)4-2)24-13-14-27(31-18-30)26(29)17-24/h7-8,10,12-17H,3-6H2,1-2H3. The van der Waals surface area contributed by atoms with Crippen LogP contribution in [-0.2, 0) is 12.8 Å². The van der Waals surface area contributed by atoms with E-state index in [2.05, 4.69) is 18.8 Å². The van der Waals surface area contributed by atoms with Crippen LogP contribution in [0.2, 0.25) is 0 Å². The first kappa shape index (κ1) is 22.6. The van der Waals surface area contributed by atoms with E-state index in [0.29, 0.717) is 10.5 Å². The minimum atomic E-state index is -0.413. The van der Waals surface area contributed by atoms with Crippen molar-refractivity contribution in [2.45, 2.75) is 44.4 Å². The molecule has 0 fully saturated rings. The summed E-state index contributed by atoms with van der Waals surface area (Å²) in [6, 6.07) is 15.9. The summed E-state index contributed by atoms with van der Waals surface area (Å²) in [5.74, 6) is 5.35. The number of aryl methyl sites for hydroxylation is 2. The van der Waals surface area contributed by atoms with Crippen molar-refractivity contribution >= 4 is 11.8 Å². The van der Waals surface area contributed by atoms with E-state index in [-0.39, 0.29) is 5.82 Å². The number of unbranched alkanes of at least 4 members (excludes halogenated alkanes) is 1. The third kappa shape index (κ3) is 5.75. The molecule has 0 amide bonds. The van der Waals surface area contributed by atoms with Crippen LogP contribution in [0.4, 0.5) is 8.78 Å². The van der Waals surface area contributed by atoms with Gasteiger partial charge in [-0.15, -0.1) is 0 Å². The fraction of sp³-hybridized carbons (Fsp3) is 0.222. The van der Waals surface area contributed by atoms with Crippen LogP contribution < -0.4 is 0 Å². The Labute approximate surface area is 187 Å². The van der Waals surface area contributed by atoms with Crippen molar-refractivity contribution in [3.05, 3.63) is 88.5 Å². The highest BCUT2D eigenvalue weighted by Gasteiger charge is 2.08. The number of thioether (sulfide) groups is 1. The molecule has 156 valence electrons. The van der Waals surface area contributed by atoms with E-state index >= 15 is 0 Å². The summed E-state index contributed by atoms with van der Waals surface area (Å²) in [5.41, 5.74) is 4.84. The smallest absolute Gasteiger partial charge is 0.139 e. The van der Waals surface area contributed by atoms with E-state index in [1.807, 2.05) is 36.6 Å². The Morgan fingerprint density at radius 1 is 0.839 bits per heavy atom. The highest BCUT2D eigenvalue weighted by molar-refractivity contribution is 8.03. The van der Waals surface area contributed by atoms with E-state index < -0.39 is 5.82 Å². The number of thiocyanates is 1. The molecule has 3 aromatic carbocycles. The summed E-state index contributed by atoms with van der Waals surface area (Å²) in [4.78, 5) is 0.312. The fourth-order valence-corrected chi connectivity index (χ4v) is 3.72. The molecule has 0 N–H and O–H groups in total. The first-order valence-corrected chi connectivity index (χ1v) is 11.2. The zero-order valence-corrected chi connectivity index (χ0v) is 18.5. The average Bonchev–Trinajstić information content (AvgIpc) is 2.78. The predicted octanol–water partition coefficient (Wildman–Crippen LogP) is 7.51. The van der Waals surface area contributed by atoms with Gasteiger partial charge in [0.1, 0.15) is 17.0 Å². The molecule has 0 atom stereocenters. The summed E-state index contributed by atoms with van der Waals surface area (Å²) in [6.07, 6.45) is 3.75. The minimum absolute atomic E-state index is 0.290. The summed E-state index contributed by atoms with van der Waals surface area (Å²) in [7, 11) is 0. The van der Waals surface area contributed by atoms with Crippen LogP contribution in [0.1, 0.15) is 48.9 Å².